The number of rotatable bonds is 7. The van der Waals surface area contributed by atoms with Crippen molar-refractivity contribution in [2.75, 3.05) is 20.2 Å². The average molecular weight is 285 g/mol. The van der Waals surface area contributed by atoms with E-state index in [-0.39, 0.29) is 18.3 Å². The molecule has 0 bridgehead atoms. The second-order valence-corrected chi connectivity index (χ2v) is 3.95. The number of ether oxygens (including phenoxy) is 1. The van der Waals surface area contributed by atoms with Gasteiger partial charge in [0.05, 0.1) is 7.11 Å². The third-order valence-corrected chi connectivity index (χ3v) is 2.59. The number of nitrogens with zero attached hydrogens (tertiary/aromatic N) is 1. The maximum Gasteiger partial charge on any atom is 0.224 e. The number of nitrogens with two attached hydrogens (primary N) is 1. The van der Waals surface area contributed by atoms with Gasteiger partial charge < -0.3 is 15.4 Å². The Labute approximate surface area is 120 Å². The lowest BCUT2D eigenvalue weighted by atomic mass is 10.2. The van der Waals surface area contributed by atoms with Gasteiger partial charge in [-0.25, -0.2) is 0 Å². The summed E-state index contributed by atoms with van der Waals surface area (Å²) in [4.78, 5) is 13.6. The molecule has 4 nitrogen and oxygen atoms in total. The van der Waals surface area contributed by atoms with Crippen LogP contribution in [0.1, 0.15) is 12.0 Å². The largest absolute Gasteiger partial charge is 0.497 e. The Bertz CT molecular complexity index is 393. The molecule has 0 aliphatic heterocycles. The summed E-state index contributed by atoms with van der Waals surface area (Å²) in [6.07, 6.45) is 2.09. The molecule has 0 spiro atoms. The van der Waals surface area contributed by atoms with Crippen molar-refractivity contribution < 1.29 is 9.53 Å². The zero-order valence-electron chi connectivity index (χ0n) is 11.2. The highest BCUT2D eigenvalue weighted by molar-refractivity contribution is 5.85. The minimum absolute atomic E-state index is 0. The predicted molar refractivity (Wildman–Crippen MR) is 79.5 cm³/mol. The van der Waals surface area contributed by atoms with Crippen LogP contribution in [0.15, 0.2) is 36.9 Å². The molecule has 106 valence electrons. The van der Waals surface area contributed by atoms with Crippen molar-refractivity contribution in [2.24, 2.45) is 5.73 Å². The number of amides is 1. The first kappa shape index (κ1) is 17.5. The second kappa shape index (κ2) is 9.42. The Kier molecular flexibility index (Phi) is 8.66. The molecule has 0 aromatic heterocycles. The molecule has 5 heteroatoms. The van der Waals surface area contributed by atoms with Crippen LogP contribution in [-0.4, -0.2) is 31.0 Å². The molecule has 0 saturated heterocycles. The fourth-order valence-electron chi connectivity index (χ4n) is 1.64. The van der Waals surface area contributed by atoms with Crippen LogP contribution in [0, 0.1) is 0 Å². The normalized spacial score (nSPS) is 9.37. The quantitative estimate of drug-likeness (QED) is 0.779. The van der Waals surface area contributed by atoms with E-state index in [9.17, 15) is 4.79 Å². The Balaban J connectivity index is 0.00000324. The Morgan fingerprint density at radius 3 is 2.53 bits per heavy atom. The van der Waals surface area contributed by atoms with Crippen LogP contribution in [-0.2, 0) is 11.3 Å². The zero-order chi connectivity index (χ0) is 13.4. The number of carbonyl (C=O) groups is 1. The maximum absolute atomic E-state index is 11.8. The smallest absolute Gasteiger partial charge is 0.224 e. The summed E-state index contributed by atoms with van der Waals surface area (Å²) in [5.74, 6) is 0.857. The molecule has 0 aliphatic rings. The molecule has 0 fully saturated rings. The summed E-state index contributed by atoms with van der Waals surface area (Å²) in [6.45, 7) is 5.13. The third-order valence-electron chi connectivity index (χ3n) is 2.59. The predicted octanol–water partition coefficient (Wildman–Crippen LogP) is 1.98. The average Bonchev–Trinajstić information content (AvgIpc) is 2.39. The van der Waals surface area contributed by atoms with E-state index in [4.69, 9.17) is 10.5 Å². The summed E-state index contributed by atoms with van der Waals surface area (Å²) in [7, 11) is 1.63. The van der Waals surface area contributed by atoms with Crippen LogP contribution in [0.4, 0.5) is 0 Å². The first-order valence-electron chi connectivity index (χ1n) is 5.93. The van der Waals surface area contributed by atoms with Crippen molar-refractivity contribution in [3.05, 3.63) is 42.5 Å². The van der Waals surface area contributed by atoms with Crippen LogP contribution in [0.2, 0.25) is 0 Å². The van der Waals surface area contributed by atoms with E-state index in [2.05, 4.69) is 6.58 Å². The van der Waals surface area contributed by atoms with Gasteiger partial charge in [0.15, 0.2) is 0 Å². The van der Waals surface area contributed by atoms with E-state index in [1.165, 1.54) is 0 Å². The van der Waals surface area contributed by atoms with E-state index < -0.39 is 0 Å². The monoisotopic (exact) mass is 284 g/mol. The van der Waals surface area contributed by atoms with Crippen molar-refractivity contribution in [1.29, 1.82) is 0 Å². The van der Waals surface area contributed by atoms with E-state index in [0.29, 0.717) is 26.1 Å². The first-order chi connectivity index (χ1) is 8.71. The molecular formula is C14H21ClN2O2. The van der Waals surface area contributed by atoms with Gasteiger partial charge in [0.1, 0.15) is 5.75 Å². The van der Waals surface area contributed by atoms with Gasteiger partial charge in [-0.3, -0.25) is 4.79 Å². The van der Waals surface area contributed by atoms with Gasteiger partial charge in [0.25, 0.3) is 0 Å². The molecule has 0 atom stereocenters. The summed E-state index contributed by atoms with van der Waals surface area (Å²) in [6, 6.07) is 7.67. The molecule has 0 unspecified atom stereocenters. The fraction of sp³-hybridized carbons (Fsp3) is 0.357. The summed E-state index contributed by atoms with van der Waals surface area (Å²) in [5.41, 5.74) is 6.46. The molecule has 0 saturated carbocycles. The summed E-state index contributed by atoms with van der Waals surface area (Å²) < 4.78 is 5.09. The first-order valence-corrected chi connectivity index (χ1v) is 5.93. The second-order valence-electron chi connectivity index (χ2n) is 3.95. The molecule has 1 amide bonds. The number of hydrogen-bond donors (Lipinski definition) is 1. The van der Waals surface area contributed by atoms with E-state index in [1.54, 1.807) is 18.1 Å². The SMILES string of the molecule is C=CCN(Cc1ccc(OC)cc1)C(=O)CCN.Cl. The lowest BCUT2D eigenvalue weighted by molar-refractivity contribution is -0.131. The maximum atomic E-state index is 11.8. The van der Waals surface area contributed by atoms with Crippen molar-refractivity contribution >= 4 is 18.3 Å². The number of carbonyl (C=O) groups excluding carboxylic acids is 1. The minimum Gasteiger partial charge on any atom is -0.497 e. The molecule has 1 aromatic rings. The number of methoxy groups -OCH3 is 1. The molecule has 0 radical (unpaired) electrons. The molecule has 0 aliphatic carbocycles. The Morgan fingerprint density at radius 2 is 2.05 bits per heavy atom. The van der Waals surface area contributed by atoms with E-state index >= 15 is 0 Å². The highest BCUT2D eigenvalue weighted by Crippen LogP contribution is 2.13. The topological polar surface area (TPSA) is 55.6 Å². The van der Waals surface area contributed by atoms with Crippen LogP contribution < -0.4 is 10.5 Å². The van der Waals surface area contributed by atoms with Gasteiger partial charge in [0.2, 0.25) is 5.91 Å². The standard InChI is InChI=1S/C14H20N2O2.ClH/c1-3-10-16(14(17)8-9-15)11-12-4-6-13(18-2)7-5-12;/h3-7H,1,8-11,15H2,2H3;1H. The van der Waals surface area contributed by atoms with Gasteiger partial charge in [-0.2, -0.15) is 0 Å². The molecule has 0 heterocycles. The van der Waals surface area contributed by atoms with Crippen molar-refractivity contribution in [3.8, 4) is 5.75 Å². The Hall–Kier alpha value is -1.52. The van der Waals surface area contributed by atoms with Crippen LogP contribution in [0.3, 0.4) is 0 Å². The highest BCUT2D eigenvalue weighted by atomic mass is 35.5. The number of benzene rings is 1. The van der Waals surface area contributed by atoms with Gasteiger partial charge in [0, 0.05) is 26.1 Å². The van der Waals surface area contributed by atoms with Crippen LogP contribution >= 0.6 is 12.4 Å². The Morgan fingerprint density at radius 1 is 1.42 bits per heavy atom. The van der Waals surface area contributed by atoms with E-state index in [0.717, 1.165) is 11.3 Å². The van der Waals surface area contributed by atoms with Crippen LogP contribution in [0.5, 0.6) is 5.75 Å². The van der Waals surface area contributed by atoms with Gasteiger partial charge in [-0.1, -0.05) is 18.2 Å². The van der Waals surface area contributed by atoms with Gasteiger partial charge >= 0.3 is 0 Å². The van der Waals surface area contributed by atoms with Crippen molar-refractivity contribution in [3.63, 3.8) is 0 Å². The zero-order valence-corrected chi connectivity index (χ0v) is 12.0. The van der Waals surface area contributed by atoms with Crippen molar-refractivity contribution in [1.82, 2.24) is 4.90 Å². The summed E-state index contributed by atoms with van der Waals surface area (Å²) in [5, 5.41) is 0. The number of hydrogen-bond acceptors (Lipinski definition) is 3. The highest BCUT2D eigenvalue weighted by Gasteiger charge is 2.11. The minimum atomic E-state index is 0. The van der Waals surface area contributed by atoms with E-state index in [1.807, 2.05) is 24.3 Å². The van der Waals surface area contributed by atoms with Gasteiger partial charge in [-0.15, -0.1) is 19.0 Å². The molecule has 19 heavy (non-hydrogen) atoms. The molecular weight excluding hydrogens is 264 g/mol. The lowest BCUT2D eigenvalue weighted by Gasteiger charge is -2.21. The van der Waals surface area contributed by atoms with Crippen LogP contribution in [0.25, 0.3) is 0 Å². The molecule has 1 aromatic carbocycles. The van der Waals surface area contributed by atoms with Crippen molar-refractivity contribution in [2.45, 2.75) is 13.0 Å². The van der Waals surface area contributed by atoms with Gasteiger partial charge in [-0.05, 0) is 17.7 Å². The lowest BCUT2D eigenvalue weighted by Crippen LogP contribution is -2.32. The number of halogens is 1. The molecule has 1 rings (SSSR count). The molecule has 2 N–H and O–H groups in total. The fourth-order valence-corrected chi connectivity index (χ4v) is 1.64. The summed E-state index contributed by atoms with van der Waals surface area (Å²) >= 11 is 0. The third kappa shape index (κ3) is 5.77.